The lowest BCUT2D eigenvalue weighted by Crippen LogP contribution is -2.18. The van der Waals surface area contributed by atoms with E-state index in [0.717, 1.165) is 44.6 Å². The molecule has 5 rings (SSSR count). The van der Waals surface area contributed by atoms with Gasteiger partial charge in [0.25, 0.3) is 5.91 Å². The minimum atomic E-state index is -0.372. The number of aromatic amines is 1. The lowest BCUT2D eigenvalue weighted by Gasteiger charge is -2.13. The minimum Gasteiger partial charge on any atom is -0.496 e. The van der Waals surface area contributed by atoms with Crippen LogP contribution in [-0.2, 0) is 0 Å². The first-order chi connectivity index (χ1) is 18.5. The van der Waals surface area contributed by atoms with Crippen molar-refractivity contribution in [3.63, 3.8) is 0 Å². The van der Waals surface area contributed by atoms with Gasteiger partial charge in [-0.3, -0.25) is 4.79 Å². The molecule has 0 fully saturated rings. The molecule has 0 atom stereocenters. The Hall–Kier alpha value is -5.05. The van der Waals surface area contributed by atoms with Crippen molar-refractivity contribution in [3.05, 3.63) is 83.7 Å². The van der Waals surface area contributed by atoms with Crippen molar-refractivity contribution in [2.45, 2.75) is 6.92 Å². The fourth-order valence-corrected chi connectivity index (χ4v) is 4.33. The molecule has 0 saturated heterocycles. The molecule has 0 bridgehead atoms. The van der Waals surface area contributed by atoms with E-state index in [-0.39, 0.29) is 5.91 Å². The largest absolute Gasteiger partial charge is 0.496 e. The van der Waals surface area contributed by atoms with Crippen molar-refractivity contribution in [2.75, 3.05) is 26.6 Å². The monoisotopic (exact) mass is 509 g/mol. The van der Waals surface area contributed by atoms with E-state index in [4.69, 9.17) is 14.2 Å². The number of aromatic nitrogens is 2. The Labute approximate surface area is 219 Å². The van der Waals surface area contributed by atoms with Gasteiger partial charge in [-0.2, -0.15) is 5.10 Å². The maximum atomic E-state index is 12.8. The second-order valence-electron chi connectivity index (χ2n) is 8.55. The third kappa shape index (κ3) is 4.81. The van der Waals surface area contributed by atoms with Gasteiger partial charge < -0.3 is 24.5 Å². The third-order valence-corrected chi connectivity index (χ3v) is 6.12. The Bertz CT molecular complexity index is 1650. The van der Waals surface area contributed by atoms with E-state index in [2.05, 4.69) is 25.8 Å². The highest BCUT2D eigenvalue weighted by molar-refractivity contribution is 6.00. The summed E-state index contributed by atoms with van der Waals surface area (Å²) < 4.78 is 16.2. The van der Waals surface area contributed by atoms with E-state index in [9.17, 15) is 4.79 Å². The molecule has 192 valence electrons. The number of hydrazone groups is 1. The third-order valence-electron chi connectivity index (χ3n) is 6.12. The van der Waals surface area contributed by atoms with Crippen LogP contribution in [0.25, 0.3) is 21.8 Å². The highest BCUT2D eigenvalue weighted by Gasteiger charge is 2.12. The van der Waals surface area contributed by atoms with Gasteiger partial charge in [-0.05, 0) is 55.5 Å². The Morgan fingerprint density at radius 2 is 1.63 bits per heavy atom. The van der Waals surface area contributed by atoms with Crippen LogP contribution in [0, 0.1) is 6.92 Å². The lowest BCUT2D eigenvalue weighted by atomic mass is 10.1. The lowest BCUT2D eigenvalue weighted by molar-refractivity contribution is 0.0951. The van der Waals surface area contributed by atoms with E-state index in [1.54, 1.807) is 39.5 Å². The molecule has 1 amide bonds. The molecule has 0 unspecified atom stereocenters. The summed E-state index contributed by atoms with van der Waals surface area (Å²) in [4.78, 5) is 20.6. The van der Waals surface area contributed by atoms with Crippen LogP contribution >= 0.6 is 0 Å². The molecule has 2 aromatic heterocycles. The molecule has 0 aliphatic heterocycles. The number of ether oxygens (including phenoxy) is 3. The average Bonchev–Trinajstić information content (AvgIpc) is 3.36. The van der Waals surface area contributed by atoms with Gasteiger partial charge in [0, 0.05) is 33.4 Å². The molecule has 3 aromatic carbocycles. The molecule has 0 saturated carbocycles. The molecule has 5 aromatic rings. The second-order valence-corrected chi connectivity index (χ2v) is 8.55. The number of rotatable bonds is 8. The molecule has 0 radical (unpaired) electrons. The maximum Gasteiger partial charge on any atom is 0.287 e. The Morgan fingerprint density at radius 3 is 2.37 bits per heavy atom. The number of nitrogens with zero attached hydrogens (tertiary/aromatic N) is 2. The minimum absolute atomic E-state index is 0.372. The summed E-state index contributed by atoms with van der Waals surface area (Å²) in [5.41, 5.74) is 7.86. The van der Waals surface area contributed by atoms with Gasteiger partial charge in [0.2, 0.25) is 0 Å². The number of nitrogens with one attached hydrogen (secondary N) is 3. The number of aryl methyl sites for hydroxylation is 1. The van der Waals surface area contributed by atoms with Crippen LogP contribution < -0.4 is 25.0 Å². The number of methoxy groups -OCH3 is 3. The number of H-pyrrole nitrogens is 1. The highest BCUT2D eigenvalue weighted by atomic mass is 16.5. The fraction of sp³-hybridized carbons (Fsp3) is 0.138. The number of amides is 1. The second kappa shape index (κ2) is 10.5. The van der Waals surface area contributed by atoms with Crippen molar-refractivity contribution in [3.8, 4) is 17.2 Å². The number of para-hydroxylation sites is 1. The van der Waals surface area contributed by atoms with Gasteiger partial charge in [-0.25, -0.2) is 10.4 Å². The first-order valence-electron chi connectivity index (χ1n) is 11.9. The smallest absolute Gasteiger partial charge is 0.287 e. The Kier molecular flexibility index (Phi) is 6.82. The molecular formula is C29H27N5O4. The fourth-order valence-electron chi connectivity index (χ4n) is 4.33. The molecule has 0 aliphatic rings. The Balaban J connectivity index is 1.37. The van der Waals surface area contributed by atoms with Crippen LogP contribution in [0.3, 0.4) is 0 Å². The zero-order valence-corrected chi connectivity index (χ0v) is 21.5. The normalized spacial score (nSPS) is 11.2. The predicted octanol–water partition coefficient (Wildman–Crippen LogP) is 5.56. The van der Waals surface area contributed by atoms with Crippen LogP contribution in [0.1, 0.15) is 21.7 Å². The number of hydrogen-bond acceptors (Lipinski definition) is 7. The van der Waals surface area contributed by atoms with Gasteiger partial charge in [0.1, 0.15) is 28.5 Å². The van der Waals surface area contributed by atoms with E-state index < -0.39 is 0 Å². The van der Waals surface area contributed by atoms with Gasteiger partial charge in [0.15, 0.2) is 0 Å². The van der Waals surface area contributed by atoms with Gasteiger partial charge in [-0.1, -0.05) is 18.2 Å². The summed E-state index contributed by atoms with van der Waals surface area (Å²) in [6.45, 7) is 1.95. The van der Waals surface area contributed by atoms with Crippen molar-refractivity contribution in [1.82, 2.24) is 15.4 Å². The van der Waals surface area contributed by atoms with Crippen molar-refractivity contribution >= 4 is 45.3 Å². The van der Waals surface area contributed by atoms with Crippen molar-refractivity contribution in [2.24, 2.45) is 5.10 Å². The summed E-state index contributed by atoms with van der Waals surface area (Å²) in [5.74, 6) is 1.52. The number of carbonyl (C=O) groups is 1. The van der Waals surface area contributed by atoms with Crippen LogP contribution in [0.2, 0.25) is 0 Å². The van der Waals surface area contributed by atoms with E-state index >= 15 is 0 Å². The van der Waals surface area contributed by atoms with Gasteiger partial charge in [0.05, 0.1) is 33.1 Å². The number of fused-ring (bicyclic) bond motifs is 2. The van der Waals surface area contributed by atoms with E-state index in [1.807, 2.05) is 55.5 Å². The SMILES string of the molecule is COc1cccc(OC)c1/C=N/NC(=O)c1cc2cc(Nc3cc(C)nc4c(OC)cccc34)ccc2[nH]1. The quantitative estimate of drug-likeness (QED) is 0.187. The zero-order valence-electron chi connectivity index (χ0n) is 21.5. The molecule has 2 heterocycles. The molecule has 3 N–H and O–H groups in total. The van der Waals surface area contributed by atoms with E-state index in [1.165, 1.54) is 6.21 Å². The zero-order chi connectivity index (χ0) is 26.6. The van der Waals surface area contributed by atoms with Crippen molar-refractivity contribution < 1.29 is 19.0 Å². The van der Waals surface area contributed by atoms with Crippen LogP contribution in [0.4, 0.5) is 11.4 Å². The highest BCUT2D eigenvalue weighted by Crippen LogP contribution is 2.32. The number of benzene rings is 3. The molecule has 0 spiro atoms. The summed E-state index contributed by atoms with van der Waals surface area (Å²) in [5, 5.41) is 9.41. The van der Waals surface area contributed by atoms with Crippen LogP contribution in [0.15, 0.2) is 71.8 Å². The maximum absolute atomic E-state index is 12.8. The average molecular weight is 510 g/mol. The number of pyridine rings is 1. The van der Waals surface area contributed by atoms with E-state index in [0.29, 0.717) is 22.8 Å². The topological polar surface area (TPSA) is 110 Å². The standard InChI is InChI=1S/C29H27N5O4/c1-17-13-23(20-7-5-10-27(38-4)28(20)31-17)32-19-11-12-22-18(14-19)15-24(33-22)29(35)34-30-16-21-25(36-2)8-6-9-26(21)37-3/h5-16,33H,1-4H3,(H,31,32)(H,34,35)/b30-16+. The molecule has 38 heavy (non-hydrogen) atoms. The molecule has 0 aliphatic carbocycles. The summed E-state index contributed by atoms with van der Waals surface area (Å²) in [6, 6.07) is 20.9. The molecule has 9 nitrogen and oxygen atoms in total. The first-order valence-corrected chi connectivity index (χ1v) is 11.9. The van der Waals surface area contributed by atoms with Gasteiger partial charge >= 0.3 is 0 Å². The molecular weight excluding hydrogens is 482 g/mol. The Morgan fingerprint density at radius 1 is 0.921 bits per heavy atom. The summed E-state index contributed by atoms with van der Waals surface area (Å²) in [7, 11) is 4.76. The summed E-state index contributed by atoms with van der Waals surface area (Å²) in [6.07, 6.45) is 1.50. The van der Waals surface area contributed by atoms with Crippen LogP contribution in [0.5, 0.6) is 17.2 Å². The number of anilines is 2. The first kappa shape index (κ1) is 24.6. The summed E-state index contributed by atoms with van der Waals surface area (Å²) >= 11 is 0. The number of carbonyl (C=O) groups excluding carboxylic acids is 1. The number of hydrogen-bond donors (Lipinski definition) is 3. The van der Waals surface area contributed by atoms with Gasteiger partial charge in [-0.15, -0.1) is 0 Å². The molecule has 9 heteroatoms. The predicted molar refractivity (Wildman–Crippen MR) is 149 cm³/mol. The van der Waals surface area contributed by atoms with Crippen molar-refractivity contribution in [1.29, 1.82) is 0 Å². The van der Waals surface area contributed by atoms with Crippen LogP contribution in [-0.4, -0.2) is 43.4 Å².